The summed E-state index contributed by atoms with van der Waals surface area (Å²) in [6, 6.07) is 22.1. The number of hydrogen-bond donors (Lipinski definition) is 2. The molecule has 1 aliphatic rings. The van der Waals surface area contributed by atoms with Gasteiger partial charge in [-0.25, -0.2) is 9.59 Å². The first-order chi connectivity index (χ1) is 20.9. The van der Waals surface area contributed by atoms with Crippen LogP contribution in [0.1, 0.15) is 42.5 Å². The lowest BCUT2D eigenvalue weighted by Crippen LogP contribution is -2.42. The number of esters is 1. The van der Waals surface area contributed by atoms with Crippen LogP contribution >= 0.6 is 0 Å². The highest BCUT2D eigenvalue weighted by Gasteiger charge is 2.24. The van der Waals surface area contributed by atoms with Gasteiger partial charge in [0.15, 0.2) is 6.61 Å². The third-order valence-corrected chi connectivity index (χ3v) is 7.50. The number of methoxy groups -OCH3 is 1. The van der Waals surface area contributed by atoms with Crippen molar-refractivity contribution >= 4 is 40.9 Å². The van der Waals surface area contributed by atoms with E-state index in [0.29, 0.717) is 35.2 Å². The minimum absolute atomic E-state index is 0.210. The highest BCUT2D eigenvalue weighted by molar-refractivity contribution is 6.00. The van der Waals surface area contributed by atoms with E-state index in [9.17, 15) is 19.2 Å². The number of ether oxygens (including phenoxy) is 2. The van der Waals surface area contributed by atoms with Crippen LogP contribution in [-0.2, 0) is 14.3 Å². The van der Waals surface area contributed by atoms with Crippen molar-refractivity contribution in [3.63, 3.8) is 0 Å². The quantitative estimate of drug-likeness (QED) is 0.280. The monoisotopic (exact) mass is 586 g/mol. The van der Waals surface area contributed by atoms with E-state index in [1.165, 1.54) is 30.9 Å². The van der Waals surface area contributed by atoms with Crippen LogP contribution in [0, 0.1) is 5.92 Å². The topological polar surface area (TPSA) is 117 Å². The molecule has 1 aliphatic carbocycles. The molecule has 0 bridgehead atoms. The Labute approximate surface area is 252 Å². The van der Waals surface area contributed by atoms with Crippen LogP contribution in [0.4, 0.5) is 21.9 Å². The van der Waals surface area contributed by atoms with Gasteiger partial charge in [0.25, 0.3) is 5.91 Å². The largest absolute Gasteiger partial charge is 0.482 e. The van der Waals surface area contributed by atoms with Gasteiger partial charge in [-0.2, -0.15) is 0 Å². The molecule has 1 fully saturated rings. The fraction of sp³-hybridized carbons (Fsp3) is 0.333. The first-order valence-corrected chi connectivity index (χ1v) is 14.4. The molecule has 3 aromatic carbocycles. The molecular formula is C33H38N4O6. The van der Waals surface area contributed by atoms with E-state index >= 15 is 0 Å². The Balaban J connectivity index is 1.43. The molecule has 0 aromatic heterocycles. The Morgan fingerprint density at radius 2 is 1.60 bits per heavy atom. The summed E-state index contributed by atoms with van der Waals surface area (Å²) < 4.78 is 10.7. The number of hydrogen-bond acceptors (Lipinski definition) is 6. The van der Waals surface area contributed by atoms with Gasteiger partial charge < -0.3 is 29.9 Å². The van der Waals surface area contributed by atoms with Crippen molar-refractivity contribution < 1.29 is 28.7 Å². The normalized spacial score (nSPS) is 12.7. The van der Waals surface area contributed by atoms with Crippen LogP contribution < -0.4 is 25.2 Å². The van der Waals surface area contributed by atoms with Crippen LogP contribution in [0.5, 0.6) is 5.75 Å². The molecule has 10 heteroatoms. The molecule has 0 saturated heterocycles. The van der Waals surface area contributed by atoms with Gasteiger partial charge in [0.05, 0.1) is 24.9 Å². The van der Waals surface area contributed by atoms with Gasteiger partial charge in [0.2, 0.25) is 5.91 Å². The number of para-hydroxylation sites is 3. The molecule has 0 unspecified atom stereocenters. The summed E-state index contributed by atoms with van der Waals surface area (Å²) in [7, 11) is 2.97. The number of nitrogens with zero attached hydrogens (tertiary/aromatic N) is 2. The van der Waals surface area contributed by atoms with Crippen LogP contribution in [-0.4, -0.2) is 57.7 Å². The molecule has 226 valence electrons. The number of urea groups is 1. The molecule has 0 aliphatic heterocycles. The Kier molecular flexibility index (Phi) is 11.1. The van der Waals surface area contributed by atoms with E-state index in [1.807, 2.05) is 36.4 Å². The molecule has 0 spiro atoms. The Morgan fingerprint density at radius 1 is 0.884 bits per heavy atom. The second-order valence-electron chi connectivity index (χ2n) is 10.4. The maximum absolute atomic E-state index is 13.6. The second kappa shape index (κ2) is 15.4. The third-order valence-electron chi connectivity index (χ3n) is 7.50. The van der Waals surface area contributed by atoms with Crippen LogP contribution in [0.25, 0.3) is 0 Å². The lowest BCUT2D eigenvalue weighted by atomic mass is 10.0. The molecular weight excluding hydrogens is 548 g/mol. The summed E-state index contributed by atoms with van der Waals surface area (Å²) in [6.07, 6.45) is 5.46. The number of benzene rings is 3. The molecule has 4 rings (SSSR count). The predicted molar refractivity (Wildman–Crippen MR) is 166 cm³/mol. The standard InChI is InChI=1S/C33H38N4O6/c1-36(27-15-4-3-5-16-27)31(39)23-43-29-18-9-8-17-28(29)37(20-19-24-11-6-7-12-24)30(38)22-34-33(41)35-26-14-10-13-25(21-26)32(40)42-2/h3-5,8-10,13-18,21,24H,6-7,11-12,19-20,22-23H2,1-2H3,(H2,34,35,41). The van der Waals surface area contributed by atoms with Crippen molar-refractivity contribution in [2.45, 2.75) is 32.1 Å². The van der Waals surface area contributed by atoms with Crippen molar-refractivity contribution in [2.75, 3.05) is 49.0 Å². The van der Waals surface area contributed by atoms with Gasteiger partial charge in [-0.15, -0.1) is 0 Å². The second-order valence-corrected chi connectivity index (χ2v) is 10.4. The van der Waals surface area contributed by atoms with Crippen molar-refractivity contribution in [1.82, 2.24) is 5.32 Å². The molecule has 0 radical (unpaired) electrons. The van der Waals surface area contributed by atoms with Gasteiger partial charge in [0, 0.05) is 25.0 Å². The lowest BCUT2D eigenvalue weighted by molar-refractivity contribution is -0.120. The lowest BCUT2D eigenvalue weighted by Gasteiger charge is -2.27. The molecule has 43 heavy (non-hydrogen) atoms. The van der Waals surface area contributed by atoms with E-state index in [-0.39, 0.29) is 25.0 Å². The molecule has 0 heterocycles. The smallest absolute Gasteiger partial charge is 0.337 e. The molecule has 0 atom stereocenters. The van der Waals surface area contributed by atoms with Gasteiger partial charge in [-0.05, 0) is 54.8 Å². The first kappa shape index (κ1) is 31.1. The molecule has 2 N–H and O–H groups in total. The van der Waals surface area contributed by atoms with Crippen molar-refractivity contribution in [1.29, 1.82) is 0 Å². The van der Waals surface area contributed by atoms with Gasteiger partial charge in [0.1, 0.15) is 5.75 Å². The van der Waals surface area contributed by atoms with Crippen molar-refractivity contribution in [3.05, 3.63) is 84.4 Å². The fourth-order valence-corrected chi connectivity index (χ4v) is 5.09. The average Bonchev–Trinajstić information content (AvgIpc) is 3.56. The van der Waals surface area contributed by atoms with Gasteiger partial charge in [-0.3, -0.25) is 9.59 Å². The molecule has 10 nitrogen and oxygen atoms in total. The SMILES string of the molecule is COC(=O)c1cccc(NC(=O)NCC(=O)N(CCC2CCCC2)c2ccccc2OCC(=O)N(C)c2ccccc2)c1. The number of anilines is 3. The molecule has 4 amide bonds. The van der Waals surface area contributed by atoms with E-state index in [4.69, 9.17) is 9.47 Å². The number of carbonyl (C=O) groups excluding carboxylic acids is 4. The maximum Gasteiger partial charge on any atom is 0.337 e. The maximum atomic E-state index is 13.6. The minimum Gasteiger partial charge on any atom is -0.482 e. The zero-order chi connectivity index (χ0) is 30.6. The number of nitrogens with one attached hydrogen (secondary N) is 2. The number of rotatable bonds is 12. The molecule has 3 aromatic rings. The van der Waals surface area contributed by atoms with Crippen LogP contribution in [0.3, 0.4) is 0 Å². The Bertz CT molecular complexity index is 1410. The summed E-state index contributed by atoms with van der Waals surface area (Å²) in [6.45, 7) is -0.0260. The Hall–Kier alpha value is -4.86. The van der Waals surface area contributed by atoms with E-state index < -0.39 is 12.0 Å². The van der Waals surface area contributed by atoms with Crippen molar-refractivity contribution in [3.8, 4) is 5.75 Å². The zero-order valence-electron chi connectivity index (χ0n) is 24.6. The summed E-state index contributed by atoms with van der Waals surface area (Å²) in [5.41, 5.74) is 1.96. The summed E-state index contributed by atoms with van der Waals surface area (Å²) in [5.74, 6) is -0.143. The zero-order valence-corrected chi connectivity index (χ0v) is 24.6. The number of amides is 4. The summed E-state index contributed by atoms with van der Waals surface area (Å²) in [4.78, 5) is 54.0. The fourth-order valence-electron chi connectivity index (χ4n) is 5.09. The van der Waals surface area contributed by atoms with E-state index in [2.05, 4.69) is 10.6 Å². The Morgan fingerprint density at radius 3 is 2.35 bits per heavy atom. The molecule has 1 saturated carbocycles. The van der Waals surface area contributed by atoms with E-state index in [0.717, 1.165) is 24.9 Å². The van der Waals surface area contributed by atoms with Gasteiger partial charge in [-0.1, -0.05) is 62.1 Å². The summed E-state index contributed by atoms with van der Waals surface area (Å²) in [5, 5.41) is 5.26. The number of likely N-dealkylation sites (N-methyl/N-ethyl adjacent to an activating group) is 1. The van der Waals surface area contributed by atoms with Gasteiger partial charge >= 0.3 is 12.0 Å². The number of carbonyl (C=O) groups is 4. The van der Waals surface area contributed by atoms with Crippen LogP contribution in [0.15, 0.2) is 78.9 Å². The predicted octanol–water partition coefficient (Wildman–Crippen LogP) is 5.25. The minimum atomic E-state index is -0.592. The average molecular weight is 587 g/mol. The van der Waals surface area contributed by atoms with Crippen LogP contribution in [0.2, 0.25) is 0 Å². The van der Waals surface area contributed by atoms with E-state index in [1.54, 1.807) is 48.3 Å². The highest BCUT2D eigenvalue weighted by atomic mass is 16.5. The third kappa shape index (κ3) is 8.81. The van der Waals surface area contributed by atoms with Crippen molar-refractivity contribution in [2.24, 2.45) is 5.92 Å². The summed E-state index contributed by atoms with van der Waals surface area (Å²) >= 11 is 0. The first-order valence-electron chi connectivity index (χ1n) is 14.4. The highest BCUT2D eigenvalue weighted by Crippen LogP contribution is 2.32.